The van der Waals surface area contributed by atoms with Crippen molar-refractivity contribution < 1.29 is 76.8 Å². The molecule has 0 aromatic carbocycles. The Balaban J connectivity index is 0.919. The van der Waals surface area contributed by atoms with Crippen LogP contribution in [0.4, 0.5) is 17.6 Å². The van der Waals surface area contributed by atoms with Crippen molar-refractivity contribution in [2.24, 2.45) is 0 Å². The number of aromatic amines is 1. The Kier molecular flexibility index (Phi) is 11.4. The number of aliphatic hydroxyl groups is 5. The zero-order valence-electron chi connectivity index (χ0n) is 32.2. The molecular weight excluding hydrogens is 904 g/mol. The molecule has 0 radical (unpaired) electrons. The normalized spacial score (nSPS) is 31.6. The topological polar surface area (TPSA) is 469 Å². The van der Waals surface area contributed by atoms with Gasteiger partial charge in [-0.25, -0.2) is 44.0 Å². The van der Waals surface area contributed by atoms with Crippen molar-refractivity contribution in [2.75, 3.05) is 37.0 Å². The van der Waals surface area contributed by atoms with Crippen LogP contribution in [0.1, 0.15) is 18.7 Å². The van der Waals surface area contributed by atoms with E-state index in [9.17, 15) is 49.2 Å². The second kappa shape index (κ2) is 16.6. The number of imidazole rings is 3. The zero-order valence-corrected chi connectivity index (χ0v) is 34.0. The third kappa shape index (κ3) is 7.87. The standard InChI is InChI=1S/C30H37N15O17P2/c31-21-12-23(36-4-34-21)43(6-38-12)27-16(48)15(47)10(59-27)2-56-63(52,53)62-20-11(60-29(18(20)50)45-8-40-14-25(45)41-30(33)42-26(14)51)3-57-64(54,55)61-19-9(1-46)58-28(17(19)49)44-7-39-13-22(32)35-5-37-24(13)44/h4-11,15-20,27-29,46-50H,1-3H2,(H,52,53)(H,54,55)(H2,31,34,36)(H2,32,35,37)(H3,33,41,42,51)/t9-,10-,11-,15-,16-,17-,18-,19-,20-,27-,28-,29-/m1/s1. The van der Waals surface area contributed by atoms with Crippen LogP contribution in [0.2, 0.25) is 0 Å². The van der Waals surface area contributed by atoms with Gasteiger partial charge in [0, 0.05) is 0 Å². The molecule has 0 bridgehead atoms. The van der Waals surface area contributed by atoms with Crippen molar-refractivity contribution in [1.29, 1.82) is 0 Å². The lowest BCUT2D eigenvalue weighted by atomic mass is 10.1. The Bertz CT molecular complexity index is 2860. The predicted octanol–water partition coefficient (Wildman–Crippen LogP) is -4.32. The molecule has 344 valence electrons. The number of nitrogen functional groups attached to an aromatic ring is 3. The van der Waals surface area contributed by atoms with Crippen LogP contribution in [0.25, 0.3) is 33.5 Å². The van der Waals surface area contributed by atoms with E-state index in [2.05, 4.69) is 44.9 Å². The molecule has 0 saturated carbocycles. The number of aromatic nitrogens is 12. The van der Waals surface area contributed by atoms with E-state index in [0.29, 0.717) is 0 Å². The summed E-state index contributed by atoms with van der Waals surface area (Å²) in [6.07, 6.45) is -14.1. The highest BCUT2D eigenvalue weighted by Gasteiger charge is 2.53. The summed E-state index contributed by atoms with van der Waals surface area (Å²) in [5.74, 6) is -0.316. The van der Waals surface area contributed by atoms with Gasteiger partial charge in [0.25, 0.3) is 5.56 Å². The number of ether oxygens (including phenoxy) is 3. The summed E-state index contributed by atoms with van der Waals surface area (Å²) in [5.41, 5.74) is 16.8. The van der Waals surface area contributed by atoms with Gasteiger partial charge in [-0.3, -0.25) is 41.6 Å². The van der Waals surface area contributed by atoms with Crippen molar-refractivity contribution >= 4 is 66.7 Å². The maximum atomic E-state index is 13.5. The quantitative estimate of drug-likeness (QED) is 0.0460. The van der Waals surface area contributed by atoms with E-state index in [1.807, 2.05) is 0 Å². The largest absolute Gasteiger partial charge is 0.472 e. The molecule has 34 heteroatoms. The van der Waals surface area contributed by atoms with E-state index in [1.165, 1.54) is 21.8 Å². The van der Waals surface area contributed by atoms with Gasteiger partial charge in [0.05, 0.1) is 38.8 Å². The fourth-order valence-corrected chi connectivity index (χ4v) is 9.41. The molecule has 6 aromatic rings. The summed E-state index contributed by atoms with van der Waals surface area (Å²) in [6.45, 7) is -2.78. The van der Waals surface area contributed by atoms with Crippen LogP contribution >= 0.6 is 15.6 Å². The van der Waals surface area contributed by atoms with E-state index >= 15 is 0 Å². The highest BCUT2D eigenvalue weighted by atomic mass is 31.2. The monoisotopic (exact) mass is 941 g/mol. The van der Waals surface area contributed by atoms with Crippen LogP contribution in [-0.2, 0) is 41.4 Å². The summed E-state index contributed by atoms with van der Waals surface area (Å²) < 4.78 is 68.9. The summed E-state index contributed by atoms with van der Waals surface area (Å²) in [6, 6.07) is 0. The number of rotatable bonds is 14. The average Bonchev–Trinajstić information content (AvgIpc) is 4.11. The second-order valence-corrected chi connectivity index (χ2v) is 17.3. The molecule has 14 atom stereocenters. The number of H-pyrrole nitrogens is 1. The average molecular weight is 942 g/mol. The second-order valence-electron chi connectivity index (χ2n) is 14.5. The fourth-order valence-electron chi connectivity index (χ4n) is 7.48. The highest BCUT2D eigenvalue weighted by Crippen LogP contribution is 2.52. The van der Waals surface area contributed by atoms with Crippen LogP contribution in [0, 0.1) is 0 Å². The lowest BCUT2D eigenvalue weighted by molar-refractivity contribution is -0.0618. The molecule has 6 aromatic heterocycles. The number of hydrogen-bond acceptors (Lipinski definition) is 26. The third-order valence-electron chi connectivity index (χ3n) is 10.5. The first-order valence-electron chi connectivity index (χ1n) is 18.6. The Labute approximate surface area is 354 Å². The number of anilines is 3. The van der Waals surface area contributed by atoms with Gasteiger partial charge in [0.15, 0.2) is 52.8 Å². The van der Waals surface area contributed by atoms with Crippen LogP contribution in [-0.4, -0.2) is 169 Å². The van der Waals surface area contributed by atoms with Crippen molar-refractivity contribution in [3.8, 4) is 0 Å². The third-order valence-corrected chi connectivity index (χ3v) is 12.5. The van der Waals surface area contributed by atoms with E-state index in [0.717, 1.165) is 23.5 Å². The van der Waals surface area contributed by atoms with Gasteiger partial charge < -0.3 is 66.7 Å². The molecule has 14 N–H and O–H groups in total. The number of hydrogen-bond donors (Lipinski definition) is 11. The molecule has 64 heavy (non-hydrogen) atoms. The minimum atomic E-state index is -5.37. The molecule has 3 fully saturated rings. The van der Waals surface area contributed by atoms with Gasteiger partial charge in [-0.05, 0) is 0 Å². The molecule has 3 aliphatic heterocycles. The van der Waals surface area contributed by atoms with Gasteiger partial charge >= 0.3 is 15.6 Å². The molecule has 0 spiro atoms. The Morgan fingerprint density at radius 2 is 1.08 bits per heavy atom. The molecule has 3 saturated heterocycles. The molecule has 2 unspecified atom stereocenters. The fraction of sp³-hybridized carbons (Fsp3) is 0.500. The van der Waals surface area contributed by atoms with Crippen LogP contribution < -0.4 is 22.8 Å². The molecule has 0 aliphatic carbocycles. The SMILES string of the molecule is Nc1nc2c(ncn2[C@@H]2O[C@H](COP(=O)(O)O[C@H]3[C@@H](O)[C@H](n4cnc5c(N)ncnc54)O[C@@H]3CO)[C@@H](OP(=O)(O)OC[C@H]3O[C@@H](n4cnc5c(N)ncnc54)[C@H](O)[C@@H]3O)[C@H]2O)c(=O)[nH]1. The highest BCUT2D eigenvalue weighted by molar-refractivity contribution is 7.47. The predicted molar refractivity (Wildman–Crippen MR) is 206 cm³/mol. The number of phosphoric ester groups is 2. The lowest BCUT2D eigenvalue weighted by Crippen LogP contribution is -2.37. The van der Waals surface area contributed by atoms with E-state index in [4.69, 9.17) is 49.5 Å². The molecule has 0 amide bonds. The molecule has 32 nitrogen and oxygen atoms in total. The van der Waals surface area contributed by atoms with Crippen LogP contribution in [0.5, 0.6) is 0 Å². The number of nitrogens with one attached hydrogen (secondary N) is 1. The van der Waals surface area contributed by atoms with Gasteiger partial charge in [-0.1, -0.05) is 0 Å². The first-order chi connectivity index (χ1) is 30.4. The zero-order chi connectivity index (χ0) is 45.4. The minimum Gasteiger partial charge on any atom is -0.394 e. The minimum absolute atomic E-state index is 0.0112. The summed E-state index contributed by atoms with van der Waals surface area (Å²) in [4.78, 5) is 68.6. The van der Waals surface area contributed by atoms with Gasteiger partial charge in [0.1, 0.15) is 78.6 Å². The van der Waals surface area contributed by atoms with E-state index < -0.39 is 115 Å². The number of fused-ring (bicyclic) bond motifs is 3. The first kappa shape index (κ1) is 44.0. The molecule has 9 rings (SSSR count). The number of aliphatic hydroxyl groups excluding tert-OH is 5. The van der Waals surface area contributed by atoms with Crippen molar-refractivity contribution in [3.63, 3.8) is 0 Å². The molecule has 9 heterocycles. The van der Waals surface area contributed by atoms with Crippen molar-refractivity contribution in [3.05, 3.63) is 42.0 Å². The number of phosphoric acid groups is 2. The summed E-state index contributed by atoms with van der Waals surface area (Å²) in [5, 5.41) is 54.5. The van der Waals surface area contributed by atoms with Gasteiger partial charge in [-0.2, -0.15) is 4.98 Å². The van der Waals surface area contributed by atoms with Gasteiger partial charge in [-0.15, -0.1) is 0 Å². The summed E-state index contributed by atoms with van der Waals surface area (Å²) in [7, 11) is -10.7. The Morgan fingerprint density at radius 3 is 1.62 bits per heavy atom. The maximum absolute atomic E-state index is 13.5. The number of nitrogens with zero attached hydrogens (tertiary/aromatic N) is 11. The van der Waals surface area contributed by atoms with Crippen molar-refractivity contribution in [1.82, 2.24) is 58.6 Å². The molecular formula is C30H37N15O17P2. The molecule has 3 aliphatic rings. The van der Waals surface area contributed by atoms with Crippen LogP contribution in [0.15, 0.2) is 36.4 Å². The summed E-state index contributed by atoms with van der Waals surface area (Å²) >= 11 is 0. The van der Waals surface area contributed by atoms with Gasteiger partial charge in [0.2, 0.25) is 5.95 Å². The first-order valence-corrected chi connectivity index (χ1v) is 21.6. The maximum Gasteiger partial charge on any atom is 0.472 e. The van der Waals surface area contributed by atoms with E-state index in [1.54, 1.807) is 0 Å². The van der Waals surface area contributed by atoms with Crippen molar-refractivity contribution in [2.45, 2.75) is 73.6 Å². The van der Waals surface area contributed by atoms with Crippen LogP contribution in [0.3, 0.4) is 0 Å². The lowest BCUT2D eigenvalue weighted by Gasteiger charge is -2.25. The van der Waals surface area contributed by atoms with E-state index in [-0.39, 0.29) is 51.1 Å². The Hall–Kier alpha value is -5.25. The smallest absolute Gasteiger partial charge is 0.394 e. The Morgan fingerprint density at radius 1 is 0.625 bits per heavy atom. The number of nitrogens with two attached hydrogens (primary N) is 3.